The Kier molecular flexibility index (Phi) is 4.82. The highest BCUT2D eigenvalue weighted by Gasteiger charge is 2.36. The number of carbonyl (C=O) groups is 1. The summed E-state index contributed by atoms with van der Waals surface area (Å²) in [5, 5.41) is 9.80. The largest absolute Gasteiger partial charge is 0.366 e. The summed E-state index contributed by atoms with van der Waals surface area (Å²) in [6.07, 6.45) is 3.10. The zero-order valence-corrected chi connectivity index (χ0v) is 15.5. The van der Waals surface area contributed by atoms with Crippen molar-refractivity contribution in [2.45, 2.75) is 24.9 Å². The monoisotopic (exact) mass is 367 g/mol. The number of nitrogens with two attached hydrogens (primary N) is 1. The fourth-order valence-electron chi connectivity index (χ4n) is 4.17. The first kappa shape index (κ1) is 17.8. The number of benzene rings is 3. The van der Waals surface area contributed by atoms with E-state index in [0.717, 1.165) is 5.56 Å². The third-order valence-electron chi connectivity index (χ3n) is 5.45. The smallest absolute Gasteiger partial charge is 0.248 e. The average Bonchev–Trinajstić information content (AvgIpc) is 3.11. The lowest BCUT2D eigenvalue weighted by molar-refractivity contribution is 0.1000. The van der Waals surface area contributed by atoms with Gasteiger partial charge in [-0.2, -0.15) is 5.26 Å². The Labute approximate surface area is 164 Å². The van der Waals surface area contributed by atoms with Crippen LogP contribution in [0.5, 0.6) is 0 Å². The van der Waals surface area contributed by atoms with Gasteiger partial charge in [-0.05, 0) is 40.8 Å². The van der Waals surface area contributed by atoms with E-state index >= 15 is 0 Å². The van der Waals surface area contributed by atoms with Crippen molar-refractivity contribution in [3.8, 4) is 6.19 Å². The Morgan fingerprint density at radius 3 is 2.57 bits per heavy atom. The highest BCUT2D eigenvalue weighted by atomic mass is 16.1. The Balaban J connectivity index is 1.78. The first-order valence-electron chi connectivity index (χ1n) is 9.35. The van der Waals surface area contributed by atoms with Crippen LogP contribution < -0.4 is 5.73 Å². The number of hydrogen-bond donors (Lipinski definition) is 1. The summed E-state index contributed by atoms with van der Waals surface area (Å²) in [6.45, 7) is 0.627. The lowest BCUT2D eigenvalue weighted by atomic mass is 9.82. The minimum absolute atomic E-state index is 0.0409. The van der Waals surface area contributed by atoms with Crippen LogP contribution in [0.15, 0.2) is 78.9 Å². The third kappa shape index (κ3) is 3.35. The van der Waals surface area contributed by atoms with Crippen molar-refractivity contribution in [1.82, 2.24) is 4.90 Å². The van der Waals surface area contributed by atoms with Gasteiger partial charge in [-0.1, -0.05) is 66.7 Å². The molecule has 0 saturated carbocycles. The molecule has 1 heterocycles. The van der Waals surface area contributed by atoms with E-state index in [1.54, 1.807) is 6.07 Å². The van der Waals surface area contributed by atoms with Gasteiger partial charge < -0.3 is 5.73 Å². The number of amides is 1. The molecule has 1 amide bonds. The van der Waals surface area contributed by atoms with Crippen LogP contribution in [0, 0.1) is 11.5 Å². The third-order valence-corrected chi connectivity index (χ3v) is 5.45. The Morgan fingerprint density at radius 1 is 1.07 bits per heavy atom. The molecule has 4 rings (SSSR count). The first-order valence-corrected chi connectivity index (χ1v) is 9.35. The molecule has 28 heavy (non-hydrogen) atoms. The van der Waals surface area contributed by atoms with E-state index in [1.807, 2.05) is 53.4 Å². The van der Waals surface area contributed by atoms with Crippen molar-refractivity contribution in [3.63, 3.8) is 0 Å². The number of rotatable bonds is 5. The van der Waals surface area contributed by atoms with Crippen LogP contribution in [0.2, 0.25) is 0 Å². The molecule has 0 radical (unpaired) electrons. The normalized spacial score (nSPS) is 16.2. The zero-order chi connectivity index (χ0) is 19.5. The molecule has 3 aromatic rings. The van der Waals surface area contributed by atoms with Crippen molar-refractivity contribution >= 4 is 5.91 Å². The molecule has 0 fully saturated rings. The summed E-state index contributed by atoms with van der Waals surface area (Å²) in [4.78, 5) is 13.5. The van der Waals surface area contributed by atoms with Crippen molar-refractivity contribution in [1.29, 1.82) is 5.26 Å². The number of fused-ring (bicyclic) bond motifs is 1. The number of carbonyl (C=O) groups excluding carboxylic acids is 1. The summed E-state index contributed by atoms with van der Waals surface area (Å²) in [7, 11) is 0. The molecule has 4 heteroatoms. The maximum Gasteiger partial charge on any atom is 0.248 e. The summed E-state index contributed by atoms with van der Waals surface area (Å²) in [6, 6.07) is 26.0. The molecule has 2 atom stereocenters. The molecule has 0 aromatic heterocycles. The molecule has 0 unspecified atom stereocenters. The van der Waals surface area contributed by atoms with Crippen LogP contribution in [0.4, 0.5) is 0 Å². The molecule has 0 aliphatic carbocycles. The van der Waals surface area contributed by atoms with E-state index in [-0.39, 0.29) is 12.0 Å². The van der Waals surface area contributed by atoms with E-state index < -0.39 is 5.91 Å². The summed E-state index contributed by atoms with van der Waals surface area (Å²) < 4.78 is 0. The summed E-state index contributed by atoms with van der Waals surface area (Å²) in [5.41, 5.74) is 10.6. The van der Waals surface area contributed by atoms with Crippen LogP contribution in [0.3, 0.4) is 0 Å². The molecule has 0 bridgehead atoms. The second kappa shape index (κ2) is 7.58. The van der Waals surface area contributed by atoms with E-state index in [9.17, 15) is 10.1 Å². The minimum atomic E-state index is -0.428. The number of nitrogens with zero attached hydrogens (tertiary/aromatic N) is 2. The first-order chi connectivity index (χ1) is 13.7. The predicted molar refractivity (Wildman–Crippen MR) is 108 cm³/mol. The van der Waals surface area contributed by atoms with Gasteiger partial charge >= 0.3 is 0 Å². The zero-order valence-electron chi connectivity index (χ0n) is 15.5. The van der Waals surface area contributed by atoms with E-state index in [2.05, 4.69) is 30.5 Å². The molecule has 0 spiro atoms. The predicted octanol–water partition coefficient (Wildman–Crippen LogP) is 4.15. The van der Waals surface area contributed by atoms with Gasteiger partial charge in [0.25, 0.3) is 0 Å². The molecule has 138 valence electrons. The summed E-state index contributed by atoms with van der Waals surface area (Å²) >= 11 is 0. The molecule has 1 aliphatic rings. The second-order valence-electron chi connectivity index (χ2n) is 7.16. The van der Waals surface area contributed by atoms with Crippen LogP contribution in [-0.2, 0) is 13.0 Å². The molecule has 1 aliphatic heterocycles. The van der Waals surface area contributed by atoms with Gasteiger partial charge in [0.05, 0.1) is 12.6 Å². The van der Waals surface area contributed by atoms with Crippen molar-refractivity contribution in [3.05, 3.63) is 107 Å². The van der Waals surface area contributed by atoms with E-state index in [0.29, 0.717) is 18.5 Å². The van der Waals surface area contributed by atoms with Gasteiger partial charge in [0.2, 0.25) is 5.91 Å². The van der Waals surface area contributed by atoms with Gasteiger partial charge in [0, 0.05) is 11.5 Å². The van der Waals surface area contributed by atoms with E-state index in [4.69, 9.17) is 5.73 Å². The fraction of sp³-hybridized carbons (Fsp3) is 0.167. The van der Waals surface area contributed by atoms with Crippen LogP contribution in [0.1, 0.15) is 44.6 Å². The molecule has 3 aromatic carbocycles. The van der Waals surface area contributed by atoms with Gasteiger partial charge in [-0.15, -0.1) is 0 Å². The van der Waals surface area contributed by atoms with Gasteiger partial charge in [-0.3, -0.25) is 9.69 Å². The topological polar surface area (TPSA) is 70.1 Å². The van der Waals surface area contributed by atoms with Crippen molar-refractivity contribution in [2.75, 3.05) is 0 Å². The fourth-order valence-corrected chi connectivity index (χ4v) is 4.17. The maximum atomic E-state index is 11.6. The van der Waals surface area contributed by atoms with Gasteiger partial charge in [0.15, 0.2) is 6.19 Å². The maximum absolute atomic E-state index is 11.6. The van der Waals surface area contributed by atoms with Crippen LogP contribution in [-0.4, -0.2) is 10.8 Å². The van der Waals surface area contributed by atoms with Crippen LogP contribution >= 0.6 is 0 Å². The second-order valence-corrected chi connectivity index (χ2v) is 7.16. The number of hydrogen-bond acceptors (Lipinski definition) is 3. The SMILES string of the molecule is N#CN1Cc2ccccc2[C@H]1[C@H](Cc1cccc(C(N)=O)c1)c1ccccc1. The van der Waals surface area contributed by atoms with E-state index in [1.165, 1.54) is 16.7 Å². The number of primary amides is 1. The summed E-state index contributed by atoms with van der Waals surface area (Å²) in [5.74, 6) is -0.351. The van der Waals surface area contributed by atoms with Crippen molar-refractivity contribution in [2.24, 2.45) is 5.73 Å². The Hall–Kier alpha value is -3.58. The molecular formula is C24H21N3O. The van der Waals surface area contributed by atoms with Crippen molar-refractivity contribution < 1.29 is 4.79 Å². The van der Waals surface area contributed by atoms with Gasteiger partial charge in [0.1, 0.15) is 0 Å². The minimum Gasteiger partial charge on any atom is -0.366 e. The van der Waals surface area contributed by atoms with Crippen LogP contribution in [0.25, 0.3) is 0 Å². The Morgan fingerprint density at radius 2 is 1.82 bits per heavy atom. The van der Waals surface area contributed by atoms with Gasteiger partial charge in [-0.25, -0.2) is 0 Å². The standard InChI is InChI=1S/C24H21N3O/c25-16-27-15-20-10-4-5-12-21(20)23(27)22(18-8-2-1-3-9-18)14-17-7-6-11-19(13-17)24(26)28/h1-13,22-23H,14-15H2,(H2,26,28)/t22-,23+/m1/s1. The highest BCUT2D eigenvalue weighted by molar-refractivity contribution is 5.92. The molecular weight excluding hydrogens is 346 g/mol. The molecule has 0 saturated heterocycles. The average molecular weight is 367 g/mol. The lowest BCUT2D eigenvalue weighted by Crippen LogP contribution is -2.24. The molecule has 2 N–H and O–H groups in total. The number of nitriles is 1. The lowest BCUT2D eigenvalue weighted by Gasteiger charge is -2.30. The quantitative estimate of drug-likeness (QED) is 0.689. The highest BCUT2D eigenvalue weighted by Crippen LogP contribution is 2.44. The Bertz CT molecular complexity index is 1040. The molecule has 4 nitrogen and oxygen atoms in total.